The summed E-state index contributed by atoms with van der Waals surface area (Å²) >= 11 is 0. The fourth-order valence-corrected chi connectivity index (χ4v) is 1.61. The zero-order valence-corrected chi connectivity index (χ0v) is 7.92. The molecule has 5 heteroatoms. The predicted molar refractivity (Wildman–Crippen MR) is 50.0 cm³/mol. The molecule has 0 aromatic heterocycles. The molecular formula is C10H12O5. The number of benzene rings is 1. The Hall–Kier alpha value is -1.14. The Morgan fingerprint density at radius 2 is 2.07 bits per heavy atom. The van der Waals surface area contributed by atoms with Crippen LogP contribution in [0.3, 0.4) is 0 Å². The number of rotatable bonds is 2. The highest BCUT2D eigenvalue weighted by atomic mass is 16.7. The maximum Gasteiger partial charge on any atom is 0.261 e. The molecule has 0 spiro atoms. The minimum atomic E-state index is -1.98. The molecule has 2 rings (SSSR count). The first-order valence-corrected chi connectivity index (χ1v) is 4.55. The summed E-state index contributed by atoms with van der Waals surface area (Å²) < 4.78 is 5.03. The van der Waals surface area contributed by atoms with Crippen LogP contribution >= 0.6 is 0 Å². The van der Waals surface area contributed by atoms with Gasteiger partial charge in [0, 0.05) is 5.56 Å². The van der Waals surface area contributed by atoms with Gasteiger partial charge in [-0.25, -0.2) is 0 Å². The zero-order valence-electron chi connectivity index (χ0n) is 7.92. The van der Waals surface area contributed by atoms with Crippen molar-refractivity contribution >= 4 is 0 Å². The van der Waals surface area contributed by atoms with Gasteiger partial charge in [0.1, 0.15) is 18.5 Å². The summed E-state index contributed by atoms with van der Waals surface area (Å²) in [7, 11) is 0. The standard InChI is InChI=1S/C10H12O5/c11-4-6-1-2-8-7(3-6)9(13)10(14,5-12)15-8/h1-3,9,11-14H,4-5H2. The van der Waals surface area contributed by atoms with E-state index in [1.807, 2.05) is 0 Å². The molecule has 15 heavy (non-hydrogen) atoms. The quantitative estimate of drug-likeness (QED) is 0.519. The second kappa shape index (κ2) is 3.46. The summed E-state index contributed by atoms with van der Waals surface area (Å²) in [6, 6.07) is 4.69. The first-order chi connectivity index (χ1) is 7.10. The molecule has 1 aromatic rings. The van der Waals surface area contributed by atoms with Gasteiger partial charge in [-0.15, -0.1) is 0 Å². The molecule has 1 aromatic carbocycles. The topological polar surface area (TPSA) is 90.2 Å². The lowest BCUT2D eigenvalue weighted by Crippen LogP contribution is -2.41. The second-order valence-corrected chi connectivity index (χ2v) is 3.54. The molecule has 1 aliphatic rings. The highest BCUT2D eigenvalue weighted by Gasteiger charge is 2.46. The van der Waals surface area contributed by atoms with Crippen molar-refractivity contribution in [2.24, 2.45) is 0 Å². The van der Waals surface area contributed by atoms with Gasteiger partial charge in [-0.05, 0) is 17.7 Å². The van der Waals surface area contributed by atoms with E-state index < -0.39 is 18.5 Å². The number of ether oxygens (including phenoxy) is 1. The number of aliphatic hydroxyl groups is 4. The van der Waals surface area contributed by atoms with Crippen LogP contribution < -0.4 is 4.74 Å². The van der Waals surface area contributed by atoms with Crippen molar-refractivity contribution in [1.29, 1.82) is 0 Å². The minimum absolute atomic E-state index is 0.155. The third-order valence-electron chi connectivity index (χ3n) is 2.49. The van der Waals surface area contributed by atoms with E-state index in [0.717, 1.165) is 0 Å². The van der Waals surface area contributed by atoms with Crippen molar-refractivity contribution < 1.29 is 25.2 Å². The van der Waals surface area contributed by atoms with Crippen molar-refractivity contribution in [3.8, 4) is 5.75 Å². The van der Waals surface area contributed by atoms with Gasteiger partial charge in [0.25, 0.3) is 5.79 Å². The van der Waals surface area contributed by atoms with Gasteiger partial charge in [0.05, 0.1) is 6.61 Å². The summed E-state index contributed by atoms with van der Waals surface area (Å²) in [5, 5.41) is 37.2. The molecule has 0 amide bonds. The lowest BCUT2D eigenvalue weighted by Gasteiger charge is -2.22. The summed E-state index contributed by atoms with van der Waals surface area (Å²) in [6.45, 7) is -0.852. The van der Waals surface area contributed by atoms with E-state index in [-0.39, 0.29) is 6.61 Å². The Bertz CT molecular complexity index is 378. The van der Waals surface area contributed by atoms with Crippen LogP contribution in [0.15, 0.2) is 18.2 Å². The van der Waals surface area contributed by atoms with Crippen molar-refractivity contribution in [1.82, 2.24) is 0 Å². The van der Waals surface area contributed by atoms with Gasteiger partial charge < -0.3 is 25.2 Å². The van der Waals surface area contributed by atoms with Gasteiger partial charge in [0.2, 0.25) is 0 Å². The summed E-state index contributed by atoms with van der Waals surface area (Å²) in [5.41, 5.74) is 0.983. The molecule has 2 unspecified atom stereocenters. The molecule has 0 fully saturated rings. The average Bonchev–Trinajstić information content (AvgIpc) is 2.52. The van der Waals surface area contributed by atoms with Crippen LogP contribution in [0.1, 0.15) is 17.2 Å². The Balaban J connectivity index is 2.42. The third-order valence-corrected chi connectivity index (χ3v) is 2.49. The van der Waals surface area contributed by atoms with Crippen LogP contribution in [0.4, 0.5) is 0 Å². The zero-order chi connectivity index (χ0) is 11.1. The molecule has 0 saturated heterocycles. The van der Waals surface area contributed by atoms with Crippen LogP contribution in [0.5, 0.6) is 5.75 Å². The lowest BCUT2D eigenvalue weighted by molar-refractivity contribution is -0.210. The molecule has 82 valence electrons. The van der Waals surface area contributed by atoms with Gasteiger partial charge in [-0.1, -0.05) is 6.07 Å². The fraction of sp³-hybridized carbons (Fsp3) is 0.400. The molecule has 0 aliphatic carbocycles. The molecule has 0 radical (unpaired) electrons. The fourth-order valence-electron chi connectivity index (χ4n) is 1.61. The monoisotopic (exact) mass is 212 g/mol. The molecule has 5 nitrogen and oxygen atoms in total. The van der Waals surface area contributed by atoms with Crippen LogP contribution in [0.25, 0.3) is 0 Å². The van der Waals surface area contributed by atoms with E-state index in [1.165, 1.54) is 12.1 Å². The Morgan fingerprint density at radius 1 is 1.33 bits per heavy atom. The van der Waals surface area contributed by atoms with Crippen LogP contribution in [-0.2, 0) is 6.61 Å². The van der Waals surface area contributed by atoms with Crippen LogP contribution in [0.2, 0.25) is 0 Å². The maximum absolute atomic E-state index is 9.70. The van der Waals surface area contributed by atoms with Gasteiger partial charge >= 0.3 is 0 Å². The van der Waals surface area contributed by atoms with E-state index in [2.05, 4.69) is 0 Å². The van der Waals surface area contributed by atoms with E-state index in [9.17, 15) is 10.2 Å². The van der Waals surface area contributed by atoms with Crippen molar-refractivity contribution in [2.75, 3.05) is 6.61 Å². The number of fused-ring (bicyclic) bond motifs is 1. The van der Waals surface area contributed by atoms with E-state index in [1.54, 1.807) is 6.07 Å². The molecule has 1 aliphatic heterocycles. The Morgan fingerprint density at radius 3 is 2.67 bits per heavy atom. The Labute approximate surface area is 86.2 Å². The van der Waals surface area contributed by atoms with E-state index in [0.29, 0.717) is 16.9 Å². The highest BCUT2D eigenvalue weighted by molar-refractivity contribution is 5.43. The molecular weight excluding hydrogens is 200 g/mol. The minimum Gasteiger partial charge on any atom is -0.456 e. The number of hydrogen-bond acceptors (Lipinski definition) is 5. The predicted octanol–water partition coefficient (Wildman–Crippen LogP) is -0.714. The van der Waals surface area contributed by atoms with Crippen molar-refractivity contribution in [3.05, 3.63) is 29.3 Å². The molecule has 2 atom stereocenters. The van der Waals surface area contributed by atoms with Gasteiger partial charge in [-0.3, -0.25) is 0 Å². The molecule has 1 heterocycles. The van der Waals surface area contributed by atoms with Crippen LogP contribution in [0, 0.1) is 0 Å². The highest BCUT2D eigenvalue weighted by Crippen LogP contribution is 2.41. The first-order valence-electron chi connectivity index (χ1n) is 4.55. The molecule has 4 N–H and O–H groups in total. The van der Waals surface area contributed by atoms with E-state index in [4.69, 9.17) is 14.9 Å². The van der Waals surface area contributed by atoms with E-state index >= 15 is 0 Å². The number of hydrogen-bond donors (Lipinski definition) is 4. The summed E-state index contributed by atoms with van der Waals surface area (Å²) in [6.07, 6.45) is -1.30. The van der Waals surface area contributed by atoms with Crippen molar-refractivity contribution in [2.45, 2.75) is 18.5 Å². The van der Waals surface area contributed by atoms with Gasteiger partial charge in [0.15, 0.2) is 0 Å². The van der Waals surface area contributed by atoms with Crippen molar-refractivity contribution in [3.63, 3.8) is 0 Å². The lowest BCUT2D eigenvalue weighted by atomic mass is 10.0. The smallest absolute Gasteiger partial charge is 0.261 e. The SMILES string of the molecule is OCc1ccc2c(c1)C(O)C(O)(CO)O2. The molecule has 0 saturated carbocycles. The van der Waals surface area contributed by atoms with Crippen LogP contribution in [-0.4, -0.2) is 32.8 Å². The third kappa shape index (κ3) is 1.49. The molecule has 0 bridgehead atoms. The average molecular weight is 212 g/mol. The number of aliphatic hydroxyl groups excluding tert-OH is 3. The maximum atomic E-state index is 9.70. The summed E-state index contributed by atoms with van der Waals surface area (Å²) in [4.78, 5) is 0. The first kappa shape index (κ1) is 10.4. The normalized spacial score (nSPS) is 28.7. The van der Waals surface area contributed by atoms with Gasteiger partial charge in [-0.2, -0.15) is 0 Å². The second-order valence-electron chi connectivity index (χ2n) is 3.54. The largest absolute Gasteiger partial charge is 0.456 e. The Kier molecular flexibility index (Phi) is 2.40. The summed E-state index contributed by atoms with van der Waals surface area (Å²) in [5.74, 6) is -1.66.